The van der Waals surface area contributed by atoms with Crippen LogP contribution in [0.3, 0.4) is 0 Å². The van der Waals surface area contributed by atoms with Gasteiger partial charge >= 0.3 is 12.2 Å². The number of amides is 2. The van der Waals surface area contributed by atoms with Crippen LogP contribution < -0.4 is 0 Å². The van der Waals surface area contributed by atoms with Gasteiger partial charge in [0.15, 0.2) is 0 Å². The van der Waals surface area contributed by atoms with E-state index >= 15 is 0 Å². The first-order chi connectivity index (χ1) is 12.6. The lowest BCUT2D eigenvalue weighted by Crippen LogP contribution is -2.61. The monoisotopic (exact) mass is 378 g/mol. The number of likely N-dealkylation sites (N-methyl/N-ethyl adjacent to an activating group) is 1. The van der Waals surface area contributed by atoms with Crippen molar-refractivity contribution in [2.75, 3.05) is 13.6 Å². The van der Waals surface area contributed by atoms with E-state index in [4.69, 9.17) is 4.74 Å². The summed E-state index contributed by atoms with van der Waals surface area (Å²) in [6, 6.07) is -0.187. The lowest BCUT2D eigenvalue weighted by atomic mass is 9.47. The van der Waals surface area contributed by atoms with Gasteiger partial charge in [0.05, 0.1) is 12.1 Å². The van der Waals surface area contributed by atoms with Gasteiger partial charge in [0.2, 0.25) is 0 Å². The first kappa shape index (κ1) is 18.9. The summed E-state index contributed by atoms with van der Waals surface area (Å²) in [5, 5.41) is 9.90. The van der Waals surface area contributed by atoms with Gasteiger partial charge in [-0.05, 0) is 88.9 Å². The summed E-state index contributed by atoms with van der Waals surface area (Å²) in [4.78, 5) is 28.1. The smallest absolute Gasteiger partial charge is 0.410 e. The Morgan fingerprint density at radius 3 is 2.04 bits per heavy atom. The van der Waals surface area contributed by atoms with Crippen molar-refractivity contribution in [3.05, 3.63) is 0 Å². The molecule has 4 bridgehead atoms. The number of hydrogen-bond donors (Lipinski definition) is 1. The van der Waals surface area contributed by atoms with E-state index in [-0.39, 0.29) is 23.6 Å². The number of carbonyl (C=O) groups is 2. The molecule has 6 heteroatoms. The molecular formula is C21H34N2O4. The zero-order valence-electron chi connectivity index (χ0n) is 17.1. The van der Waals surface area contributed by atoms with Crippen LogP contribution in [0.5, 0.6) is 0 Å². The second kappa shape index (κ2) is 6.28. The number of ether oxygens (including phenoxy) is 1. The van der Waals surface area contributed by atoms with Crippen LogP contribution in [-0.4, -0.2) is 58.4 Å². The molecule has 6 nitrogen and oxygen atoms in total. The minimum absolute atomic E-state index is 0.0462. The first-order valence-corrected chi connectivity index (χ1v) is 10.5. The lowest BCUT2D eigenvalue weighted by Gasteiger charge is -2.61. The molecule has 2 unspecified atom stereocenters. The zero-order chi connectivity index (χ0) is 19.6. The minimum atomic E-state index is -0.837. The Labute approximate surface area is 162 Å². The van der Waals surface area contributed by atoms with Gasteiger partial charge in [-0.2, -0.15) is 0 Å². The van der Waals surface area contributed by atoms with Crippen molar-refractivity contribution >= 4 is 12.2 Å². The van der Waals surface area contributed by atoms with E-state index in [0.717, 1.165) is 37.0 Å². The topological polar surface area (TPSA) is 70.1 Å². The molecule has 27 heavy (non-hydrogen) atoms. The van der Waals surface area contributed by atoms with Gasteiger partial charge in [0.1, 0.15) is 5.60 Å². The summed E-state index contributed by atoms with van der Waals surface area (Å²) in [7, 11) is 1.79. The van der Waals surface area contributed by atoms with Crippen molar-refractivity contribution < 1.29 is 19.4 Å². The molecule has 1 aliphatic heterocycles. The predicted molar refractivity (Wildman–Crippen MR) is 102 cm³/mol. The van der Waals surface area contributed by atoms with Crippen molar-refractivity contribution in [2.45, 2.75) is 83.4 Å². The van der Waals surface area contributed by atoms with Crippen LogP contribution >= 0.6 is 0 Å². The van der Waals surface area contributed by atoms with Crippen molar-refractivity contribution in [1.29, 1.82) is 0 Å². The van der Waals surface area contributed by atoms with Crippen LogP contribution in [0, 0.1) is 23.2 Å². The Morgan fingerprint density at radius 1 is 1.07 bits per heavy atom. The highest BCUT2D eigenvalue weighted by Crippen LogP contribution is 2.63. The average molecular weight is 379 g/mol. The number of carboxylic acid groups (broad SMARTS) is 1. The highest BCUT2D eigenvalue weighted by Gasteiger charge is 2.60. The Kier molecular flexibility index (Phi) is 4.39. The fourth-order valence-corrected chi connectivity index (χ4v) is 7.14. The zero-order valence-corrected chi connectivity index (χ0v) is 17.1. The Bertz CT molecular complexity index is 591. The maximum Gasteiger partial charge on any atom is 0.410 e. The van der Waals surface area contributed by atoms with E-state index in [9.17, 15) is 14.7 Å². The number of rotatable bonds is 2. The van der Waals surface area contributed by atoms with E-state index in [1.165, 1.54) is 19.3 Å². The Balaban J connectivity index is 1.62. The predicted octanol–water partition coefficient (Wildman–Crippen LogP) is 4.19. The van der Waals surface area contributed by atoms with Gasteiger partial charge in [0.25, 0.3) is 0 Å². The summed E-state index contributed by atoms with van der Waals surface area (Å²) in [5.74, 6) is 2.25. The van der Waals surface area contributed by atoms with E-state index in [0.29, 0.717) is 13.0 Å². The summed E-state index contributed by atoms with van der Waals surface area (Å²) in [5.41, 5.74) is -0.503. The third-order valence-electron chi connectivity index (χ3n) is 7.50. The fourth-order valence-electron chi connectivity index (χ4n) is 7.14. The molecule has 0 aromatic rings. The quantitative estimate of drug-likeness (QED) is 0.782. The molecule has 5 rings (SSSR count). The van der Waals surface area contributed by atoms with Gasteiger partial charge in [0, 0.05) is 13.6 Å². The molecule has 1 heterocycles. The van der Waals surface area contributed by atoms with Crippen molar-refractivity contribution in [3.8, 4) is 0 Å². The summed E-state index contributed by atoms with van der Waals surface area (Å²) < 4.78 is 5.60. The molecule has 4 aliphatic carbocycles. The molecule has 2 amide bonds. The molecule has 1 N–H and O–H groups in total. The number of nitrogens with zero attached hydrogens (tertiary/aromatic N) is 2. The number of carbonyl (C=O) groups excluding carboxylic acids is 1. The summed E-state index contributed by atoms with van der Waals surface area (Å²) in [6.07, 6.45) is 6.90. The SMILES string of the molecule is CN(C(=O)OC(C)(C)C)C1CCN(C(=O)O)C1C12CC3CC(CC(C3)C1)C2. The molecule has 0 radical (unpaired) electrons. The van der Waals surface area contributed by atoms with E-state index in [1.54, 1.807) is 16.8 Å². The van der Waals surface area contributed by atoms with Crippen LogP contribution in [0.4, 0.5) is 9.59 Å². The Hall–Kier alpha value is -1.46. The largest absolute Gasteiger partial charge is 0.465 e. The van der Waals surface area contributed by atoms with Gasteiger partial charge in [-0.3, -0.25) is 0 Å². The van der Waals surface area contributed by atoms with Gasteiger partial charge in [-0.25, -0.2) is 9.59 Å². The van der Waals surface area contributed by atoms with Crippen LogP contribution in [-0.2, 0) is 4.74 Å². The third kappa shape index (κ3) is 3.29. The first-order valence-electron chi connectivity index (χ1n) is 10.5. The maximum absolute atomic E-state index is 12.7. The van der Waals surface area contributed by atoms with Gasteiger partial charge in [-0.15, -0.1) is 0 Å². The molecule has 152 valence electrons. The summed E-state index contributed by atoms with van der Waals surface area (Å²) >= 11 is 0. The van der Waals surface area contributed by atoms with Crippen molar-refractivity contribution in [1.82, 2.24) is 9.80 Å². The molecule has 0 spiro atoms. The second-order valence-electron chi connectivity index (χ2n) is 10.6. The molecule has 2 atom stereocenters. The van der Waals surface area contributed by atoms with Crippen molar-refractivity contribution in [2.24, 2.45) is 23.2 Å². The highest BCUT2D eigenvalue weighted by atomic mass is 16.6. The number of hydrogen-bond acceptors (Lipinski definition) is 3. The molecule has 0 aromatic carbocycles. The summed E-state index contributed by atoms with van der Waals surface area (Å²) in [6.45, 7) is 6.12. The van der Waals surface area contributed by atoms with E-state index in [2.05, 4.69) is 0 Å². The standard InChI is InChI=1S/C21H34N2O4/c1-20(2,3)27-19(26)22(4)16-5-6-23(18(24)25)17(16)21-10-13-7-14(11-21)9-15(8-13)12-21/h13-17H,5-12H2,1-4H3,(H,24,25). The van der Waals surface area contributed by atoms with Gasteiger partial charge in [-0.1, -0.05) is 0 Å². The second-order valence-corrected chi connectivity index (χ2v) is 10.6. The van der Waals surface area contributed by atoms with Crippen LogP contribution in [0.1, 0.15) is 65.7 Å². The average Bonchev–Trinajstić information content (AvgIpc) is 2.97. The normalized spacial score (nSPS) is 40.3. The molecule has 5 fully saturated rings. The van der Waals surface area contributed by atoms with E-state index in [1.807, 2.05) is 20.8 Å². The van der Waals surface area contributed by atoms with Crippen LogP contribution in [0.2, 0.25) is 0 Å². The fraction of sp³-hybridized carbons (Fsp3) is 0.905. The Morgan fingerprint density at radius 2 is 1.59 bits per heavy atom. The maximum atomic E-state index is 12.7. The molecule has 1 saturated heterocycles. The van der Waals surface area contributed by atoms with Crippen molar-refractivity contribution in [3.63, 3.8) is 0 Å². The van der Waals surface area contributed by atoms with Gasteiger partial charge < -0.3 is 19.6 Å². The van der Waals surface area contributed by atoms with Crippen LogP contribution in [0.25, 0.3) is 0 Å². The molecule has 4 saturated carbocycles. The molecule has 5 aliphatic rings. The highest BCUT2D eigenvalue weighted by molar-refractivity contribution is 5.70. The molecule has 0 aromatic heterocycles. The third-order valence-corrected chi connectivity index (χ3v) is 7.50. The lowest BCUT2D eigenvalue weighted by molar-refractivity contribution is -0.100. The number of likely N-dealkylation sites (tertiary alicyclic amines) is 1. The molecular weight excluding hydrogens is 344 g/mol. The van der Waals surface area contributed by atoms with E-state index < -0.39 is 11.7 Å². The minimum Gasteiger partial charge on any atom is -0.465 e. The van der Waals surface area contributed by atoms with Crippen LogP contribution in [0.15, 0.2) is 0 Å².